The molecule has 3 aromatic carbocycles. The maximum atomic E-state index is 12.6. The van der Waals surface area contributed by atoms with Gasteiger partial charge in [-0.25, -0.2) is 4.79 Å². The van der Waals surface area contributed by atoms with Crippen LogP contribution in [0.15, 0.2) is 82.4 Å². The quantitative estimate of drug-likeness (QED) is 0.614. The van der Waals surface area contributed by atoms with Gasteiger partial charge in [0.15, 0.2) is 0 Å². The van der Waals surface area contributed by atoms with Gasteiger partial charge < -0.3 is 4.98 Å². The van der Waals surface area contributed by atoms with Gasteiger partial charge in [-0.3, -0.25) is 9.36 Å². The molecule has 130 valence electrons. The van der Waals surface area contributed by atoms with Crippen LogP contribution in [0.4, 0.5) is 0 Å². The molecule has 0 amide bonds. The van der Waals surface area contributed by atoms with Crippen LogP contribution >= 0.6 is 0 Å². The lowest BCUT2D eigenvalue weighted by molar-refractivity contribution is 0.712. The highest BCUT2D eigenvalue weighted by Crippen LogP contribution is 2.23. The van der Waals surface area contributed by atoms with Crippen molar-refractivity contribution in [1.29, 1.82) is 5.26 Å². The molecule has 4 aromatic rings. The first kappa shape index (κ1) is 16.6. The van der Waals surface area contributed by atoms with Crippen LogP contribution in [-0.2, 0) is 6.54 Å². The molecule has 0 saturated carbocycles. The third-order valence-electron chi connectivity index (χ3n) is 4.54. The molecule has 0 aliphatic rings. The van der Waals surface area contributed by atoms with Crippen molar-refractivity contribution in [2.75, 3.05) is 0 Å². The number of H-pyrrole nitrogens is 1. The molecule has 0 bridgehead atoms. The molecule has 1 heterocycles. The van der Waals surface area contributed by atoms with E-state index in [0.717, 1.165) is 16.7 Å². The molecule has 0 saturated heterocycles. The fraction of sp³-hybridized carbons (Fsp3) is 0.0455. The van der Waals surface area contributed by atoms with E-state index in [1.165, 1.54) is 4.57 Å². The van der Waals surface area contributed by atoms with Crippen LogP contribution in [-0.4, -0.2) is 9.55 Å². The summed E-state index contributed by atoms with van der Waals surface area (Å²) in [6.45, 7) is 0.180. The zero-order valence-electron chi connectivity index (χ0n) is 14.3. The summed E-state index contributed by atoms with van der Waals surface area (Å²) in [5.74, 6) is 0. The van der Waals surface area contributed by atoms with Gasteiger partial charge in [0.05, 0.1) is 29.1 Å². The largest absolute Gasteiger partial charge is 0.329 e. The van der Waals surface area contributed by atoms with Gasteiger partial charge in [0.25, 0.3) is 5.56 Å². The topological polar surface area (TPSA) is 78.7 Å². The molecular weight excluding hydrogens is 338 g/mol. The fourth-order valence-electron chi connectivity index (χ4n) is 3.15. The normalized spacial score (nSPS) is 10.6. The number of hydrogen-bond donors (Lipinski definition) is 1. The van der Waals surface area contributed by atoms with E-state index in [0.29, 0.717) is 16.5 Å². The van der Waals surface area contributed by atoms with E-state index in [4.69, 9.17) is 0 Å². The number of nitrogens with zero attached hydrogens (tertiary/aromatic N) is 2. The molecule has 0 aliphatic carbocycles. The predicted molar refractivity (Wildman–Crippen MR) is 105 cm³/mol. The molecule has 5 heteroatoms. The molecule has 5 nitrogen and oxygen atoms in total. The smallest absolute Gasteiger partial charge is 0.307 e. The molecule has 0 radical (unpaired) electrons. The zero-order valence-corrected chi connectivity index (χ0v) is 14.3. The van der Waals surface area contributed by atoms with E-state index >= 15 is 0 Å². The lowest BCUT2D eigenvalue weighted by Gasteiger charge is -2.08. The van der Waals surface area contributed by atoms with Gasteiger partial charge in [0, 0.05) is 0 Å². The van der Waals surface area contributed by atoms with Gasteiger partial charge in [-0.05, 0) is 34.9 Å². The van der Waals surface area contributed by atoms with E-state index in [2.05, 4.69) is 11.1 Å². The minimum Gasteiger partial charge on any atom is -0.307 e. The maximum Gasteiger partial charge on any atom is 0.329 e. The van der Waals surface area contributed by atoms with Crippen molar-refractivity contribution in [3.8, 4) is 17.2 Å². The van der Waals surface area contributed by atoms with E-state index in [9.17, 15) is 14.9 Å². The Kier molecular flexibility index (Phi) is 4.15. The van der Waals surface area contributed by atoms with Crippen molar-refractivity contribution in [1.82, 2.24) is 9.55 Å². The third kappa shape index (κ3) is 3.05. The highest BCUT2D eigenvalue weighted by atomic mass is 16.2. The van der Waals surface area contributed by atoms with Crippen molar-refractivity contribution in [3.63, 3.8) is 0 Å². The third-order valence-corrected chi connectivity index (χ3v) is 4.54. The van der Waals surface area contributed by atoms with Crippen LogP contribution in [0.5, 0.6) is 0 Å². The molecule has 4 rings (SSSR count). The van der Waals surface area contributed by atoms with Crippen molar-refractivity contribution in [2.24, 2.45) is 0 Å². The molecule has 0 fully saturated rings. The number of aromatic nitrogens is 2. The Morgan fingerprint density at radius 1 is 0.889 bits per heavy atom. The highest BCUT2D eigenvalue weighted by molar-refractivity contribution is 5.77. The van der Waals surface area contributed by atoms with Crippen LogP contribution in [0.3, 0.4) is 0 Å². The second-order valence-corrected chi connectivity index (χ2v) is 6.22. The van der Waals surface area contributed by atoms with Crippen molar-refractivity contribution < 1.29 is 0 Å². The van der Waals surface area contributed by atoms with Gasteiger partial charge in [-0.1, -0.05) is 54.6 Å². The Bertz CT molecular complexity index is 1290. The summed E-state index contributed by atoms with van der Waals surface area (Å²) < 4.78 is 1.20. The van der Waals surface area contributed by atoms with Gasteiger partial charge in [-0.15, -0.1) is 0 Å². The zero-order chi connectivity index (χ0) is 18.8. The lowest BCUT2D eigenvalue weighted by Crippen LogP contribution is -2.35. The summed E-state index contributed by atoms with van der Waals surface area (Å²) in [6, 6.07) is 24.1. The lowest BCUT2D eigenvalue weighted by atomic mass is 9.99. The number of aromatic amines is 1. The molecular formula is C22H15N3O2. The SMILES string of the molecule is N#Cc1ccccc1-c1ccc(Cn2c(=O)[nH]c3ccccc3c2=O)cc1. The van der Waals surface area contributed by atoms with Crippen LogP contribution in [0, 0.1) is 11.3 Å². The summed E-state index contributed by atoms with van der Waals surface area (Å²) in [5, 5.41) is 9.73. The van der Waals surface area contributed by atoms with E-state index in [1.807, 2.05) is 42.5 Å². The summed E-state index contributed by atoms with van der Waals surface area (Å²) in [7, 11) is 0. The summed E-state index contributed by atoms with van der Waals surface area (Å²) in [5.41, 5.74) is 2.99. The Balaban J connectivity index is 1.71. The molecule has 1 aromatic heterocycles. The fourth-order valence-corrected chi connectivity index (χ4v) is 3.15. The summed E-state index contributed by atoms with van der Waals surface area (Å²) in [6.07, 6.45) is 0. The maximum absolute atomic E-state index is 12.6. The van der Waals surface area contributed by atoms with Crippen LogP contribution in [0.1, 0.15) is 11.1 Å². The number of rotatable bonds is 3. The number of benzene rings is 3. The van der Waals surface area contributed by atoms with Crippen LogP contribution < -0.4 is 11.2 Å². The van der Waals surface area contributed by atoms with Gasteiger partial charge in [0.2, 0.25) is 0 Å². The predicted octanol–water partition coefficient (Wildman–Crippen LogP) is 3.28. The molecule has 1 N–H and O–H groups in total. The van der Waals surface area contributed by atoms with Crippen LogP contribution in [0.2, 0.25) is 0 Å². The second kappa shape index (κ2) is 6.77. The Morgan fingerprint density at radius 2 is 1.59 bits per heavy atom. The average Bonchev–Trinajstić information content (AvgIpc) is 2.71. The first-order chi connectivity index (χ1) is 13.2. The number of nitriles is 1. The van der Waals surface area contributed by atoms with E-state index in [-0.39, 0.29) is 12.1 Å². The second-order valence-electron chi connectivity index (χ2n) is 6.22. The van der Waals surface area contributed by atoms with Gasteiger partial charge in [-0.2, -0.15) is 5.26 Å². The Hall–Kier alpha value is -3.91. The number of hydrogen-bond acceptors (Lipinski definition) is 3. The molecule has 0 spiro atoms. The number of fused-ring (bicyclic) bond motifs is 1. The van der Waals surface area contributed by atoms with Crippen molar-refractivity contribution in [2.45, 2.75) is 6.54 Å². The molecule has 0 atom stereocenters. The van der Waals surface area contributed by atoms with Crippen molar-refractivity contribution in [3.05, 3.63) is 105 Å². The Labute approximate surface area is 154 Å². The van der Waals surface area contributed by atoms with E-state index < -0.39 is 5.69 Å². The van der Waals surface area contributed by atoms with E-state index in [1.54, 1.807) is 30.3 Å². The average molecular weight is 353 g/mol. The summed E-state index contributed by atoms with van der Waals surface area (Å²) >= 11 is 0. The first-order valence-corrected chi connectivity index (χ1v) is 8.47. The minimum absolute atomic E-state index is 0.180. The highest BCUT2D eigenvalue weighted by Gasteiger charge is 2.09. The first-order valence-electron chi connectivity index (χ1n) is 8.47. The summed E-state index contributed by atoms with van der Waals surface area (Å²) in [4.78, 5) is 27.7. The Morgan fingerprint density at radius 3 is 2.37 bits per heavy atom. The molecule has 0 aliphatic heterocycles. The monoisotopic (exact) mass is 353 g/mol. The standard InChI is InChI=1S/C22H15N3O2/c23-13-17-5-1-2-6-18(17)16-11-9-15(10-12-16)14-25-21(26)19-7-3-4-8-20(19)24-22(25)27/h1-12H,14H2,(H,24,27). The number of para-hydroxylation sites is 1. The van der Waals surface area contributed by atoms with Crippen molar-refractivity contribution >= 4 is 10.9 Å². The molecule has 27 heavy (non-hydrogen) atoms. The molecule has 0 unspecified atom stereocenters. The number of nitrogens with one attached hydrogen (secondary N) is 1. The minimum atomic E-state index is -0.433. The van der Waals surface area contributed by atoms with Gasteiger partial charge >= 0.3 is 5.69 Å². The van der Waals surface area contributed by atoms with Gasteiger partial charge in [0.1, 0.15) is 0 Å². The van der Waals surface area contributed by atoms with Crippen LogP contribution in [0.25, 0.3) is 22.0 Å².